The molecule has 0 atom stereocenters. The average Bonchev–Trinajstić information content (AvgIpc) is 3.20. The number of rotatable bonds is 4. The number of fused-ring (bicyclic) bond motifs is 1. The minimum absolute atomic E-state index is 0.0514. The molecule has 0 aliphatic heterocycles. The van der Waals surface area contributed by atoms with Gasteiger partial charge in [0.05, 0.1) is 5.69 Å². The summed E-state index contributed by atoms with van der Waals surface area (Å²) >= 11 is 3.02. The molecule has 3 heterocycles. The lowest BCUT2D eigenvalue weighted by Gasteiger charge is -2.05. The van der Waals surface area contributed by atoms with E-state index in [1.807, 2.05) is 48.0 Å². The number of benzene rings is 1. The number of para-hydroxylation sites is 1. The summed E-state index contributed by atoms with van der Waals surface area (Å²) in [7, 11) is 0. The molecule has 0 fully saturated rings. The fraction of sp³-hybridized carbons (Fsp3) is 0.125. The fourth-order valence-corrected chi connectivity index (χ4v) is 4.03. The number of nitrogens with zero attached hydrogens (tertiary/aromatic N) is 5. The van der Waals surface area contributed by atoms with Gasteiger partial charge in [0, 0.05) is 28.6 Å². The molecule has 8 heteroatoms. The third kappa shape index (κ3) is 2.85. The Morgan fingerprint density at radius 3 is 2.92 bits per heavy atom. The molecule has 0 unspecified atom stereocenters. The summed E-state index contributed by atoms with van der Waals surface area (Å²) in [5.41, 5.74) is 1.70. The summed E-state index contributed by atoms with van der Waals surface area (Å²) in [6, 6.07) is 11.5. The second kappa shape index (κ2) is 6.21. The van der Waals surface area contributed by atoms with Crippen molar-refractivity contribution in [1.82, 2.24) is 24.1 Å². The highest BCUT2D eigenvalue weighted by Gasteiger charge is 2.10. The van der Waals surface area contributed by atoms with Crippen LogP contribution in [-0.4, -0.2) is 24.1 Å². The van der Waals surface area contributed by atoms with Crippen LogP contribution in [0.15, 0.2) is 58.9 Å². The first-order valence-electron chi connectivity index (χ1n) is 7.28. The van der Waals surface area contributed by atoms with Crippen LogP contribution in [0.1, 0.15) is 10.6 Å². The summed E-state index contributed by atoms with van der Waals surface area (Å²) in [4.78, 5) is 18.5. The van der Waals surface area contributed by atoms with E-state index < -0.39 is 0 Å². The Balaban J connectivity index is 1.60. The first-order valence-corrected chi connectivity index (χ1v) is 9.08. The van der Waals surface area contributed by atoms with Crippen molar-refractivity contribution in [2.45, 2.75) is 17.8 Å². The van der Waals surface area contributed by atoms with Crippen molar-refractivity contribution < 1.29 is 0 Å². The van der Waals surface area contributed by atoms with E-state index in [0.717, 1.165) is 26.4 Å². The maximum atomic E-state index is 12.1. The molecular formula is C16H13N5OS2. The van der Waals surface area contributed by atoms with Crippen molar-refractivity contribution in [2.24, 2.45) is 0 Å². The number of thioether (sulfide) groups is 1. The third-order valence-corrected chi connectivity index (χ3v) is 5.31. The van der Waals surface area contributed by atoms with Gasteiger partial charge in [0.2, 0.25) is 0 Å². The predicted octanol–water partition coefficient (Wildman–Crippen LogP) is 2.94. The lowest BCUT2D eigenvalue weighted by Crippen LogP contribution is -2.12. The number of aromatic nitrogens is 5. The lowest BCUT2D eigenvalue weighted by molar-refractivity contribution is 0.882. The van der Waals surface area contributed by atoms with Gasteiger partial charge in [0.1, 0.15) is 6.33 Å². The minimum atomic E-state index is -0.0514. The van der Waals surface area contributed by atoms with Crippen molar-refractivity contribution in [2.75, 3.05) is 0 Å². The maximum absolute atomic E-state index is 12.1. The molecule has 0 amide bonds. The van der Waals surface area contributed by atoms with Gasteiger partial charge < -0.3 is 0 Å². The van der Waals surface area contributed by atoms with Crippen molar-refractivity contribution in [1.29, 1.82) is 0 Å². The zero-order valence-electron chi connectivity index (χ0n) is 12.8. The highest BCUT2D eigenvalue weighted by atomic mass is 32.2. The Morgan fingerprint density at radius 2 is 2.08 bits per heavy atom. The largest absolute Gasteiger partial charge is 0.277 e. The zero-order chi connectivity index (χ0) is 16.5. The summed E-state index contributed by atoms with van der Waals surface area (Å²) in [6.07, 6.45) is 3.50. The second-order valence-electron chi connectivity index (χ2n) is 5.19. The molecule has 0 saturated carbocycles. The van der Waals surface area contributed by atoms with E-state index in [2.05, 4.69) is 15.2 Å². The van der Waals surface area contributed by atoms with Gasteiger partial charge in [0.15, 0.2) is 10.1 Å². The minimum Gasteiger partial charge on any atom is -0.277 e. The van der Waals surface area contributed by atoms with E-state index in [1.54, 1.807) is 16.8 Å². The van der Waals surface area contributed by atoms with E-state index in [1.165, 1.54) is 23.1 Å². The van der Waals surface area contributed by atoms with Crippen LogP contribution < -0.4 is 5.56 Å². The Labute approximate surface area is 145 Å². The standard InChI is InChI=1S/C16H13N5OS2/c1-11-8-20-14(22)7-12(18-15(20)24-11)9-23-16-19-17-10-21(16)13-5-3-2-4-6-13/h2-8,10H,9H2,1H3. The first-order chi connectivity index (χ1) is 11.7. The van der Waals surface area contributed by atoms with Gasteiger partial charge in [0.25, 0.3) is 5.56 Å². The molecule has 4 rings (SSSR count). The smallest absolute Gasteiger partial charge is 0.258 e. The van der Waals surface area contributed by atoms with Crippen molar-refractivity contribution in [3.63, 3.8) is 0 Å². The summed E-state index contributed by atoms with van der Waals surface area (Å²) < 4.78 is 3.51. The predicted molar refractivity (Wildman–Crippen MR) is 95.0 cm³/mol. The molecule has 0 aliphatic carbocycles. The maximum Gasteiger partial charge on any atom is 0.258 e. The summed E-state index contributed by atoms with van der Waals surface area (Å²) in [5.74, 6) is 0.564. The van der Waals surface area contributed by atoms with Gasteiger partial charge in [-0.3, -0.25) is 13.8 Å². The van der Waals surface area contributed by atoms with Gasteiger partial charge in [-0.05, 0) is 19.1 Å². The van der Waals surface area contributed by atoms with Gasteiger partial charge in [-0.2, -0.15) is 0 Å². The molecule has 120 valence electrons. The fourth-order valence-electron chi connectivity index (χ4n) is 2.36. The number of hydrogen-bond acceptors (Lipinski definition) is 6. The van der Waals surface area contributed by atoms with Gasteiger partial charge in [-0.15, -0.1) is 21.5 Å². The molecule has 4 aromatic rings. The summed E-state index contributed by atoms with van der Waals surface area (Å²) in [5, 5.41) is 8.92. The molecule has 1 aromatic carbocycles. The molecule has 0 spiro atoms. The van der Waals surface area contributed by atoms with Gasteiger partial charge in [-0.25, -0.2) is 4.98 Å². The van der Waals surface area contributed by atoms with Crippen LogP contribution >= 0.6 is 23.1 Å². The number of hydrogen-bond donors (Lipinski definition) is 0. The van der Waals surface area contributed by atoms with Crippen molar-refractivity contribution in [3.05, 3.63) is 69.8 Å². The third-order valence-electron chi connectivity index (χ3n) is 3.44. The Kier molecular flexibility index (Phi) is 3.91. The molecule has 0 bridgehead atoms. The average molecular weight is 355 g/mol. The van der Waals surface area contributed by atoms with Crippen LogP contribution in [-0.2, 0) is 5.75 Å². The molecular weight excluding hydrogens is 342 g/mol. The normalized spacial score (nSPS) is 11.2. The molecule has 0 aliphatic rings. The monoisotopic (exact) mass is 355 g/mol. The Bertz CT molecular complexity index is 1050. The Hall–Kier alpha value is -2.45. The first kappa shape index (κ1) is 15.1. The topological polar surface area (TPSA) is 65.1 Å². The molecule has 0 radical (unpaired) electrons. The molecule has 0 saturated heterocycles. The zero-order valence-corrected chi connectivity index (χ0v) is 14.4. The van der Waals surface area contributed by atoms with Crippen LogP contribution in [0.25, 0.3) is 10.6 Å². The summed E-state index contributed by atoms with van der Waals surface area (Å²) in [6.45, 7) is 1.97. The second-order valence-corrected chi connectivity index (χ2v) is 7.34. The van der Waals surface area contributed by atoms with Gasteiger partial charge in [-0.1, -0.05) is 30.0 Å². The van der Waals surface area contributed by atoms with E-state index in [9.17, 15) is 4.79 Å². The van der Waals surface area contributed by atoms with E-state index in [0.29, 0.717) is 5.75 Å². The number of aryl methyl sites for hydroxylation is 1. The van der Waals surface area contributed by atoms with Crippen molar-refractivity contribution >= 4 is 28.1 Å². The van der Waals surface area contributed by atoms with Crippen LogP contribution in [0.5, 0.6) is 0 Å². The SMILES string of the molecule is Cc1cn2c(=O)cc(CSc3nncn3-c3ccccc3)nc2s1. The van der Waals surface area contributed by atoms with Crippen LogP contribution in [0, 0.1) is 6.92 Å². The van der Waals surface area contributed by atoms with Crippen LogP contribution in [0.3, 0.4) is 0 Å². The van der Waals surface area contributed by atoms with E-state index in [-0.39, 0.29) is 5.56 Å². The molecule has 6 nitrogen and oxygen atoms in total. The highest BCUT2D eigenvalue weighted by molar-refractivity contribution is 7.98. The Morgan fingerprint density at radius 1 is 1.25 bits per heavy atom. The molecule has 24 heavy (non-hydrogen) atoms. The quantitative estimate of drug-likeness (QED) is 0.527. The lowest BCUT2D eigenvalue weighted by atomic mass is 10.3. The van der Waals surface area contributed by atoms with Crippen LogP contribution in [0.2, 0.25) is 0 Å². The molecule has 0 N–H and O–H groups in total. The van der Waals surface area contributed by atoms with E-state index >= 15 is 0 Å². The highest BCUT2D eigenvalue weighted by Crippen LogP contribution is 2.23. The van der Waals surface area contributed by atoms with Gasteiger partial charge >= 0.3 is 0 Å². The van der Waals surface area contributed by atoms with Crippen LogP contribution in [0.4, 0.5) is 0 Å². The molecule has 3 aromatic heterocycles. The number of thiazole rings is 1. The van der Waals surface area contributed by atoms with Crippen molar-refractivity contribution in [3.8, 4) is 5.69 Å². The van der Waals surface area contributed by atoms with E-state index in [4.69, 9.17) is 0 Å².